The molecule has 118 valence electrons. The minimum Gasteiger partial charge on any atom is -0.496 e. The molecule has 0 heterocycles. The first-order valence-electron chi connectivity index (χ1n) is 7.60. The number of rotatable bonds is 10. The second-order valence-electron chi connectivity index (χ2n) is 5.30. The second-order valence-corrected chi connectivity index (χ2v) is 5.30. The highest BCUT2D eigenvalue weighted by Gasteiger charge is 2.10. The van der Waals surface area contributed by atoms with Crippen LogP contribution < -0.4 is 4.74 Å². The average Bonchev–Trinajstić information content (AvgIpc) is 2.49. The van der Waals surface area contributed by atoms with E-state index in [-0.39, 0.29) is 11.7 Å². The molecule has 4 heteroatoms. The number of hydrogen-bond acceptors (Lipinski definition) is 3. The summed E-state index contributed by atoms with van der Waals surface area (Å²) in [5.74, 6) is -0.273. The van der Waals surface area contributed by atoms with Crippen molar-refractivity contribution in [2.75, 3.05) is 7.11 Å². The molecule has 0 saturated carbocycles. The molecule has 0 aliphatic rings. The fraction of sp³-hybridized carbons (Fsp3) is 0.588. The number of unbranched alkanes of at least 4 members (excludes halogenated alkanes) is 3. The van der Waals surface area contributed by atoms with Crippen LogP contribution in [0.2, 0.25) is 0 Å². The first kappa shape index (κ1) is 17.5. The van der Waals surface area contributed by atoms with Crippen LogP contribution in [0.15, 0.2) is 18.2 Å². The molecule has 0 aromatic heterocycles. The standard InChI is InChI=1S/C17H26O4/c1-4-5-6-7-8-13(2)21-12-15-11-14(17(18)19)9-10-16(15)20-3/h9-11,13H,4-8,12H2,1-3H3,(H,18,19). The summed E-state index contributed by atoms with van der Waals surface area (Å²) >= 11 is 0. The van der Waals surface area contributed by atoms with Gasteiger partial charge in [0.05, 0.1) is 25.4 Å². The molecule has 1 atom stereocenters. The Labute approximate surface area is 127 Å². The molecule has 0 spiro atoms. The zero-order valence-electron chi connectivity index (χ0n) is 13.2. The Balaban J connectivity index is 2.53. The average molecular weight is 294 g/mol. The Hall–Kier alpha value is -1.55. The minimum atomic E-state index is -0.938. The zero-order chi connectivity index (χ0) is 15.7. The number of carbonyl (C=O) groups is 1. The summed E-state index contributed by atoms with van der Waals surface area (Å²) < 4.78 is 11.1. The van der Waals surface area contributed by atoms with E-state index < -0.39 is 5.97 Å². The Morgan fingerprint density at radius 3 is 2.67 bits per heavy atom. The highest BCUT2D eigenvalue weighted by molar-refractivity contribution is 5.88. The molecule has 0 bridgehead atoms. The van der Waals surface area contributed by atoms with Crippen molar-refractivity contribution in [1.29, 1.82) is 0 Å². The number of ether oxygens (including phenoxy) is 2. The molecular weight excluding hydrogens is 268 g/mol. The Morgan fingerprint density at radius 2 is 2.05 bits per heavy atom. The van der Waals surface area contributed by atoms with E-state index in [4.69, 9.17) is 14.6 Å². The second kappa shape index (κ2) is 9.40. The fourth-order valence-corrected chi connectivity index (χ4v) is 2.20. The maximum Gasteiger partial charge on any atom is 0.335 e. The van der Waals surface area contributed by atoms with E-state index in [1.54, 1.807) is 25.3 Å². The summed E-state index contributed by atoms with van der Waals surface area (Å²) in [6, 6.07) is 4.83. The summed E-state index contributed by atoms with van der Waals surface area (Å²) in [6.45, 7) is 4.63. The highest BCUT2D eigenvalue weighted by atomic mass is 16.5. The van der Waals surface area contributed by atoms with Crippen LogP contribution in [-0.2, 0) is 11.3 Å². The van der Waals surface area contributed by atoms with Gasteiger partial charge in [-0.3, -0.25) is 0 Å². The van der Waals surface area contributed by atoms with Gasteiger partial charge in [0.25, 0.3) is 0 Å². The topological polar surface area (TPSA) is 55.8 Å². The molecule has 0 aliphatic heterocycles. The lowest BCUT2D eigenvalue weighted by Crippen LogP contribution is -2.09. The Kier molecular flexibility index (Phi) is 7.83. The number of methoxy groups -OCH3 is 1. The number of benzene rings is 1. The van der Waals surface area contributed by atoms with Gasteiger partial charge in [0.1, 0.15) is 5.75 Å². The smallest absolute Gasteiger partial charge is 0.335 e. The van der Waals surface area contributed by atoms with Gasteiger partial charge in [-0.15, -0.1) is 0 Å². The van der Waals surface area contributed by atoms with Crippen LogP contribution in [0.1, 0.15) is 61.9 Å². The first-order valence-corrected chi connectivity index (χ1v) is 7.60. The summed E-state index contributed by atoms with van der Waals surface area (Å²) in [5, 5.41) is 9.04. The van der Waals surface area contributed by atoms with Crippen LogP contribution in [0.3, 0.4) is 0 Å². The van der Waals surface area contributed by atoms with Crippen molar-refractivity contribution < 1.29 is 19.4 Å². The zero-order valence-corrected chi connectivity index (χ0v) is 13.2. The molecule has 1 rings (SSSR count). The van der Waals surface area contributed by atoms with E-state index in [0.29, 0.717) is 12.4 Å². The molecular formula is C17H26O4. The van der Waals surface area contributed by atoms with Crippen LogP contribution in [0.5, 0.6) is 5.75 Å². The summed E-state index contributed by atoms with van der Waals surface area (Å²) in [5.41, 5.74) is 1.03. The molecule has 0 radical (unpaired) electrons. The third-order valence-electron chi connectivity index (χ3n) is 3.51. The molecule has 1 aromatic rings. The van der Waals surface area contributed by atoms with Crippen molar-refractivity contribution in [2.45, 2.75) is 58.7 Å². The largest absolute Gasteiger partial charge is 0.496 e. The van der Waals surface area contributed by atoms with Gasteiger partial charge < -0.3 is 14.6 Å². The third kappa shape index (κ3) is 6.17. The maximum absolute atomic E-state index is 11.0. The minimum absolute atomic E-state index is 0.167. The number of hydrogen-bond donors (Lipinski definition) is 1. The van der Waals surface area contributed by atoms with Crippen LogP contribution in [0, 0.1) is 0 Å². The van der Waals surface area contributed by atoms with Crippen LogP contribution in [0.4, 0.5) is 0 Å². The predicted molar refractivity (Wildman–Crippen MR) is 83.0 cm³/mol. The number of aromatic carboxylic acids is 1. The van der Waals surface area contributed by atoms with E-state index in [9.17, 15) is 4.79 Å². The highest BCUT2D eigenvalue weighted by Crippen LogP contribution is 2.22. The van der Waals surface area contributed by atoms with Gasteiger partial charge in [-0.25, -0.2) is 4.79 Å². The lowest BCUT2D eigenvalue weighted by molar-refractivity contribution is 0.0447. The molecule has 1 unspecified atom stereocenters. The molecule has 21 heavy (non-hydrogen) atoms. The van der Waals surface area contributed by atoms with Crippen LogP contribution >= 0.6 is 0 Å². The molecule has 1 aromatic carbocycles. The van der Waals surface area contributed by atoms with Crippen molar-refractivity contribution in [2.24, 2.45) is 0 Å². The number of carboxylic acid groups (broad SMARTS) is 1. The van der Waals surface area contributed by atoms with Gasteiger partial charge in [0.15, 0.2) is 0 Å². The molecule has 0 fully saturated rings. The third-order valence-corrected chi connectivity index (χ3v) is 3.51. The summed E-state index contributed by atoms with van der Waals surface area (Å²) in [4.78, 5) is 11.0. The van der Waals surface area contributed by atoms with Crippen LogP contribution in [-0.4, -0.2) is 24.3 Å². The SMILES string of the molecule is CCCCCCC(C)OCc1cc(C(=O)O)ccc1OC. The van der Waals surface area contributed by atoms with E-state index in [2.05, 4.69) is 13.8 Å². The van der Waals surface area contributed by atoms with Gasteiger partial charge in [-0.05, 0) is 31.5 Å². The lowest BCUT2D eigenvalue weighted by Gasteiger charge is -2.15. The van der Waals surface area contributed by atoms with Gasteiger partial charge >= 0.3 is 5.97 Å². The quantitative estimate of drug-likeness (QED) is 0.655. The maximum atomic E-state index is 11.0. The van der Waals surface area contributed by atoms with Crippen molar-refractivity contribution >= 4 is 5.97 Å². The van der Waals surface area contributed by atoms with E-state index in [1.807, 2.05) is 0 Å². The molecule has 0 amide bonds. The molecule has 4 nitrogen and oxygen atoms in total. The Morgan fingerprint density at radius 1 is 1.29 bits per heavy atom. The Bertz CT molecular complexity index is 442. The van der Waals surface area contributed by atoms with Gasteiger partial charge in [-0.2, -0.15) is 0 Å². The van der Waals surface area contributed by atoms with E-state index in [1.165, 1.54) is 25.7 Å². The summed E-state index contributed by atoms with van der Waals surface area (Å²) in [7, 11) is 1.58. The van der Waals surface area contributed by atoms with Crippen molar-refractivity contribution in [3.63, 3.8) is 0 Å². The van der Waals surface area contributed by atoms with E-state index in [0.717, 1.165) is 12.0 Å². The predicted octanol–water partition coefficient (Wildman–Crippen LogP) is 4.27. The monoisotopic (exact) mass is 294 g/mol. The molecule has 0 aliphatic carbocycles. The van der Waals surface area contributed by atoms with Gasteiger partial charge in [-0.1, -0.05) is 32.6 Å². The molecule has 1 N–H and O–H groups in total. The normalized spacial score (nSPS) is 12.1. The van der Waals surface area contributed by atoms with Crippen molar-refractivity contribution in [1.82, 2.24) is 0 Å². The lowest BCUT2D eigenvalue weighted by atomic mass is 10.1. The van der Waals surface area contributed by atoms with Crippen molar-refractivity contribution in [3.05, 3.63) is 29.3 Å². The van der Waals surface area contributed by atoms with Gasteiger partial charge in [0.2, 0.25) is 0 Å². The summed E-state index contributed by atoms with van der Waals surface area (Å²) in [6.07, 6.45) is 6.10. The van der Waals surface area contributed by atoms with Crippen molar-refractivity contribution in [3.8, 4) is 5.75 Å². The molecule has 0 saturated heterocycles. The van der Waals surface area contributed by atoms with E-state index >= 15 is 0 Å². The fourth-order valence-electron chi connectivity index (χ4n) is 2.20. The van der Waals surface area contributed by atoms with Crippen LogP contribution in [0.25, 0.3) is 0 Å². The van der Waals surface area contributed by atoms with Gasteiger partial charge in [0, 0.05) is 5.56 Å². The first-order chi connectivity index (χ1) is 10.1. The number of carboxylic acids is 1.